The summed E-state index contributed by atoms with van der Waals surface area (Å²) in [6.07, 6.45) is 0.547. The number of carbonyl (C=O) groups is 2. The zero-order chi connectivity index (χ0) is 12.4. The summed E-state index contributed by atoms with van der Waals surface area (Å²) >= 11 is 0. The molecule has 1 aromatic rings. The molecule has 1 heterocycles. The van der Waals surface area contributed by atoms with Gasteiger partial charge in [-0.3, -0.25) is 9.69 Å². The Bertz CT molecular complexity index is 458. The molecule has 1 saturated heterocycles. The molecular weight excluding hydrogens is 223 g/mol. The third-order valence-corrected chi connectivity index (χ3v) is 2.85. The molecule has 0 unspecified atom stereocenters. The summed E-state index contributed by atoms with van der Waals surface area (Å²) in [6.45, 7) is 2.21. The van der Waals surface area contributed by atoms with Crippen molar-refractivity contribution in [2.45, 2.75) is 13.3 Å². The zero-order valence-corrected chi connectivity index (χ0v) is 9.50. The maximum atomic E-state index is 12.9. The number of amides is 3. The number of aryl methyl sites for hydroxylation is 1. The minimum absolute atomic E-state index is 0.0707. The summed E-state index contributed by atoms with van der Waals surface area (Å²) < 4.78 is 12.9. The van der Waals surface area contributed by atoms with Crippen LogP contribution in [0.25, 0.3) is 0 Å². The van der Waals surface area contributed by atoms with E-state index in [0.29, 0.717) is 13.0 Å². The van der Waals surface area contributed by atoms with Crippen LogP contribution in [0.4, 0.5) is 9.18 Å². The van der Waals surface area contributed by atoms with Crippen LogP contribution in [0.2, 0.25) is 0 Å². The smallest absolute Gasteiger partial charge is 0.324 e. The summed E-state index contributed by atoms with van der Waals surface area (Å²) in [5.41, 5.74) is 1.77. The van der Waals surface area contributed by atoms with Crippen LogP contribution in [0.15, 0.2) is 18.2 Å². The number of urea groups is 1. The Hall–Kier alpha value is -1.91. The first-order valence-electron chi connectivity index (χ1n) is 5.41. The monoisotopic (exact) mass is 236 g/mol. The Morgan fingerprint density at radius 2 is 2.18 bits per heavy atom. The van der Waals surface area contributed by atoms with Crippen molar-refractivity contribution in [3.8, 4) is 0 Å². The molecular formula is C12H13FN2O2. The van der Waals surface area contributed by atoms with Crippen molar-refractivity contribution >= 4 is 11.9 Å². The molecule has 0 atom stereocenters. The molecule has 1 aliphatic rings. The van der Waals surface area contributed by atoms with E-state index in [0.717, 1.165) is 11.1 Å². The number of nitrogens with one attached hydrogen (secondary N) is 1. The molecule has 0 radical (unpaired) electrons. The van der Waals surface area contributed by atoms with Gasteiger partial charge in [0.1, 0.15) is 5.82 Å². The summed E-state index contributed by atoms with van der Waals surface area (Å²) in [4.78, 5) is 23.8. The standard InChI is InChI=1S/C12H13FN2O2/c1-8-6-10(13)3-2-9(8)4-5-15-11(16)7-14-12(15)17/h2-3,6H,4-5,7H2,1H3,(H,14,17). The molecule has 0 aromatic heterocycles. The van der Waals surface area contributed by atoms with Gasteiger partial charge < -0.3 is 5.32 Å². The van der Waals surface area contributed by atoms with Crippen molar-refractivity contribution in [2.75, 3.05) is 13.1 Å². The highest BCUT2D eigenvalue weighted by Crippen LogP contribution is 2.12. The normalized spacial score (nSPS) is 15.3. The summed E-state index contributed by atoms with van der Waals surface area (Å²) in [6, 6.07) is 4.16. The molecule has 4 nitrogen and oxygen atoms in total. The Morgan fingerprint density at radius 3 is 2.76 bits per heavy atom. The van der Waals surface area contributed by atoms with Crippen LogP contribution >= 0.6 is 0 Å². The van der Waals surface area contributed by atoms with Gasteiger partial charge in [0.15, 0.2) is 0 Å². The lowest BCUT2D eigenvalue weighted by Crippen LogP contribution is -2.32. The molecule has 1 fully saturated rings. The van der Waals surface area contributed by atoms with Crippen molar-refractivity contribution in [3.05, 3.63) is 35.1 Å². The zero-order valence-electron chi connectivity index (χ0n) is 9.50. The average molecular weight is 236 g/mol. The van der Waals surface area contributed by atoms with Gasteiger partial charge in [-0.2, -0.15) is 0 Å². The fraction of sp³-hybridized carbons (Fsp3) is 0.333. The first-order chi connectivity index (χ1) is 8.08. The quantitative estimate of drug-likeness (QED) is 0.802. The first-order valence-corrected chi connectivity index (χ1v) is 5.41. The number of benzene rings is 1. The Kier molecular flexibility index (Phi) is 3.08. The molecule has 0 saturated carbocycles. The van der Waals surface area contributed by atoms with Gasteiger partial charge in [-0.25, -0.2) is 9.18 Å². The minimum atomic E-state index is -0.352. The SMILES string of the molecule is Cc1cc(F)ccc1CCN1C(=O)CNC1=O. The highest BCUT2D eigenvalue weighted by molar-refractivity contribution is 6.01. The second-order valence-corrected chi connectivity index (χ2v) is 4.02. The second kappa shape index (κ2) is 4.53. The molecule has 0 aliphatic carbocycles. The second-order valence-electron chi connectivity index (χ2n) is 4.02. The molecule has 17 heavy (non-hydrogen) atoms. The lowest BCUT2D eigenvalue weighted by atomic mass is 10.1. The van der Waals surface area contributed by atoms with E-state index in [4.69, 9.17) is 0 Å². The van der Waals surface area contributed by atoms with Gasteiger partial charge in [-0.05, 0) is 36.6 Å². The molecule has 1 aromatic carbocycles. The molecule has 0 spiro atoms. The number of imide groups is 1. The van der Waals surface area contributed by atoms with Gasteiger partial charge in [0.05, 0.1) is 6.54 Å². The number of hydrogen-bond acceptors (Lipinski definition) is 2. The number of halogens is 1. The Morgan fingerprint density at radius 1 is 1.41 bits per heavy atom. The van der Waals surface area contributed by atoms with Gasteiger partial charge in [0, 0.05) is 6.54 Å². The van der Waals surface area contributed by atoms with Gasteiger partial charge >= 0.3 is 6.03 Å². The number of rotatable bonds is 3. The van der Waals surface area contributed by atoms with E-state index in [9.17, 15) is 14.0 Å². The summed E-state index contributed by atoms with van der Waals surface area (Å²) in [5, 5.41) is 2.46. The van der Waals surface area contributed by atoms with Gasteiger partial charge in [0.25, 0.3) is 0 Å². The van der Waals surface area contributed by atoms with Crippen LogP contribution in [0, 0.1) is 12.7 Å². The van der Waals surface area contributed by atoms with E-state index in [1.54, 1.807) is 6.07 Å². The topological polar surface area (TPSA) is 49.4 Å². The summed E-state index contributed by atoms with van der Waals surface area (Å²) in [5.74, 6) is -0.490. The van der Waals surface area contributed by atoms with Crippen molar-refractivity contribution in [3.63, 3.8) is 0 Å². The predicted molar refractivity (Wildman–Crippen MR) is 60.0 cm³/mol. The third-order valence-electron chi connectivity index (χ3n) is 2.85. The van der Waals surface area contributed by atoms with E-state index < -0.39 is 0 Å². The maximum Gasteiger partial charge on any atom is 0.324 e. The Balaban J connectivity index is 2.02. The van der Waals surface area contributed by atoms with Crippen LogP contribution in [-0.2, 0) is 11.2 Å². The van der Waals surface area contributed by atoms with E-state index in [1.165, 1.54) is 17.0 Å². The fourth-order valence-corrected chi connectivity index (χ4v) is 1.85. The lowest BCUT2D eigenvalue weighted by Gasteiger charge is -2.13. The molecule has 5 heteroatoms. The van der Waals surface area contributed by atoms with Crippen LogP contribution < -0.4 is 5.32 Å². The first kappa shape index (κ1) is 11.6. The van der Waals surface area contributed by atoms with E-state index in [-0.39, 0.29) is 24.3 Å². The van der Waals surface area contributed by atoms with Crippen LogP contribution in [0.3, 0.4) is 0 Å². The largest absolute Gasteiger partial charge is 0.329 e. The summed E-state index contributed by atoms with van der Waals surface area (Å²) in [7, 11) is 0. The van der Waals surface area contributed by atoms with E-state index >= 15 is 0 Å². The van der Waals surface area contributed by atoms with Gasteiger partial charge in [-0.15, -0.1) is 0 Å². The van der Waals surface area contributed by atoms with Crippen molar-refractivity contribution < 1.29 is 14.0 Å². The number of carbonyl (C=O) groups excluding carboxylic acids is 2. The fourth-order valence-electron chi connectivity index (χ4n) is 1.85. The third kappa shape index (κ3) is 2.43. The number of nitrogens with zero attached hydrogens (tertiary/aromatic N) is 1. The maximum absolute atomic E-state index is 12.9. The highest BCUT2D eigenvalue weighted by Gasteiger charge is 2.27. The van der Waals surface area contributed by atoms with Crippen molar-refractivity contribution in [1.29, 1.82) is 0 Å². The average Bonchev–Trinajstić information content (AvgIpc) is 2.58. The molecule has 1 aliphatic heterocycles. The van der Waals surface area contributed by atoms with Crippen LogP contribution in [-0.4, -0.2) is 29.9 Å². The van der Waals surface area contributed by atoms with Crippen molar-refractivity contribution in [1.82, 2.24) is 10.2 Å². The minimum Gasteiger partial charge on any atom is -0.329 e. The lowest BCUT2D eigenvalue weighted by molar-refractivity contribution is -0.124. The molecule has 3 amide bonds. The Labute approximate surface area is 98.4 Å². The molecule has 0 bridgehead atoms. The highest BCUT2D eigenvalue weighted by atomic mass is 19.1. The number of hydrogen-bond donors (Lipinski definition) is 1. The van der Waals surface area contributed by atoms with Gasteiger partial charge in [0.2, 0.25) is 5.91 Å². The van der Waals surface area contributed by atoms with Gasteiger partial charge in [-0.1, -0.05) is 6.07 Å². The van der Waals surface area contributed by atoms with Crippen LogP contribution in [0.5, 0.6) is 0 Å². The van der Waals surface area contributed by atoms with Crippen molar-refractivity contribution in [2.24, 2.45) is 0 Å². The van der Waals surface area contributed by atoms with Crippen LogP contribution in [0.1, 0.15) is 11.1 Å². The molecule has 2 rings (SSSR count). The predicted octanol–water partition coefficient (Wildman–Crippen LogP) is 1.23. The molecule has 1 N–H and O–H groups in total. The van der Waals surface area contributed by atoms with E-state index in [1.807, 2.05) is 6.92 Å². The van der Waals surface area contributed by atoms with E-state index in [2.05, 4.69) is 5.32 Å². The molecule has 90 valence electrons.